The molecule has 1 aromatic heterocycles. The predicted molar refractivity (Wildman–Crippen MR) is 91.5 cm³/mol. The van der Waals surface area contributed by atoms with Gasteiger partial charge in [-0.1, -0.05) is 29.4 Å². The van der Waals surface area contributed by atoms with E-state index < -0.39 is 5.56 Å². The van der Waals surface area contributed by atoms with E-state index in [1.54, 1.807) is 6.07 Å². The monoisotopic (exact) mass is 353 g/mol. The summed E-state index contributed by atoms with van der Waals surface area (Å²) in [5, 5.41) is 10.9. The average molecular weight is 354 g/mol. The fourth-order valence-corrected chi connectivity index (χ4v) is 2.97. The number of hydrogen-bond acceptors (Lipinski definition) is 6. The van der Waals surface area contributed by atoms with Gasteiger partial charge >= 0.3 is 0 Å². The molecule has 2 aromatic rings. The summed E-state index contributed by atoms with van der Waals surface area (Å²) in [6, 6.07) is 3.71. The number of hydrogen-bond donors (Lipinski definition) is 2. The van der Waals surface area contributed by atoms with Gasteiger partial charge in [-0.15, -0.1) is 10.2 Å². The molecule has 2 rings (SSSR count). The Kier molecular flexibility index (Phi) is 5.27. The molecule has 1 heterocycles. The van der Waals surface area contributed by atoms with Gasteiger partial charge in [-0.2, -0.15) is 4.68 Å². The maximum atomic E-state index is 12.1. The third kappa shape index (κ3) is 4.02. The zero-order valence-corrected chi connectivity index (χ0v) is 14.5. The highest BCUT2D eigenvalue weighted by molar-refractivity contribution is 7.99. The number of anilines is 1. The third-order valence-corrected chi connectivity index (χ3v) is 4.29. The van der Waals surface area contributed by atoms with E-state index in [-0.39, 0.29) is 22.5 Å². The second-order valence-corrected chi connectivity index (χ2v) is 6.37. The van der Waals surface area contributed by atoms with Crippen LogP contribution < -0.4 is 16.7 Å². The maximum Gasteiger partial charge on any atom is 0.294 e. The highest BCUT2D eigenvalue weighted by Gasteiger charge is 2.13. The molecule has 0 aliphatic heterocycles. The highest BCUT2D eigenvalue weighted by atomic mass is 35.5. The number of nitrogens with zero attached hydrogens (tertiary/aromatic N) is 3. The standard InChI is InChI=1S/C14H16ClN5O2S/c1-7-4-8(2)12(10(15)5-7)17-11(21)6-23-14-19-18-9(3)13(22)20(14)16/h4-5H,6,16H2,1-3H3,(H,17,21). The molecule has 0 saturated carbocycles. The second kappa shape index (κ2) is 7.01. The van der Waals surface area contributed by atoms with Crippen LogP contribution in [0.3, 0.4) is 0 Å². The summed E-state index contributed by atoms with van der Waals surface area (Å²) < 4.78 is 0.879. The Labute approximate surface area is 142 Å². The third-order valence-electron chi connectivity index (χ3n) is 3.05. The van der Waals surface area contributed by atoms with Crippen molar-refractivity contribution in [1.82, 2.24) is 14.9 Å². The van der Waals surface area contributed by atoms with E-state index in [0.29, 0.717) is 10.7 Å². The summed E-state index contributed by atoms with van der Waals surface area (Å²) >= 11 is 7.17. The lowest BCUT2D eigenvalue weighted by molar-refractivity contribution is -0.113. The summed E-state index contributed by atoms with van der Waals surface area (Å²) in [6.45, 7) is 5.31. The van der Waals surface area contributed by atoms with Crippen LogP contribution in [0.4, 0.5) is 5.69 Å². The second-order valence-electron chi connectivity index (χ2n) is 5.02. The van der Waals surface area contributed by atoms with E-state index in [0.717, 1.165) is 27.6 Å². The van der Waals surface area contributed by atoms with Gasteiger partial charge in [0.25, 0.3) is 5.56 Å². The molecule has 0 unspecified atom stereocenters. The Morgan fingerprint density at radius 2 is 2.04 bits per heavy atom. The number of nitrogens with one attached hydrogen (secondary N) is 1. The number of rotatable bonds is 4. The van der Waals surface area contributed by atoms with E-state index in [9.17, 15) is 9.59 Å². The molecule has 23 heavy (non-hydrogen) atoms. The van der Waals surface area contributed by atoms with Crippen molar-refractivity contribution in [1.29, 1.82) is 0 Å². The first-order valence-corrected chi connectivity index (χ1v) is 8.06. The minimum atomic E-state index is -0.444. The number of halogens is 1. The van der Waals surface area contributed by atoms with Gasteiger partial charge in [-0.05, 0) is 38.0 Å². The number of amides is 1. The van der Waals surface area contributed by atoms with Crippen molar-refractivity contribution < 1.29 is 4.79 Å². The van der Waals surface area contributed by atoms with Crippen LogP contribution in [0.2, 0.25) is 5.02 Å². The summed E-state index contributed by atoms with van der Waals surface area (Å²) in [5.41, 5.74) is 2.22. The maximum absolute atomic E-state index is 12.1. The predicted octanol–water partition coefficient (Wildman–Crippen LogP) is 1.66. The van der Waals surface area contributed by atoms with Gasteiger partial charge < -0.3 is 11.2 Å². The zero-order chi connectivity index (χ0) is 17.1. The van der Waals surface area contributed by atoms with E-state index in [2.05, 4.69) is 15.5 Å². The van der Waals surface area contributed by atoms with Gasteiger partial charge in [0, 0.05) is 0 Å². The first-order chi connectivity index (χ1) is 10.8. The van der Waals surface area contributed by atoms with Crippen LogP contribution >= 0.6 is 23.4 Å². The van der Waals surface area contributed by atoms with Crippen molar-refractivity contribution in [3.63, 3.8) is 0 Å². The lowest BCUT2D eigenvalue weighted by atomic mass is 10.1. The smallest absolute Gasteiger partial charge is 0.294 e. The van der Waals surface area contributed by atoms with Gasteiger partial charge in [-0.25, -0.2) is 0 Å². The molecular weight excluding hydrogens is 338 g/mol. The largest absolute Gasteiger partial charge is 0.334 e. The summed E-state index contributed by atoms with van der Waals surface area (Å²) in [4.78, 5) is 23.7. The molecule has 0 aliphatic carbocycles. The molecule has 0 spiro atoms. The number of nitrogens with two attached hydrogens (primary N) is 1. The summed E-state index contributed by atoms with van der Waals surface area (Å²) in [5.74, 6) is 5.36. The van der Waals surface area contributed by atoms with Crippen LogP contribution in [0.1, 0.15) is 16.8 Å². The van der Waals surface area contributed by atoms with Gasteiger partial charge in [0.05, 0.1) is 16.5 Å². The van der Waals surface area contributed by atoms with Crippen molar-refractivity contribution in [3.05, 3.63) is 44.3 Å². The number of carbonyl (C=O) groups is 1. The Balaban J connectivity index is 2.07. The molecular formula is C14H16ClN5O2S. The van der Waals surface area contributed by atoms with Crippen LogP contribution in [-0.4, -0.2) is 26.5 Å². The Morgan fingerprint density at radius 3 is 2.70 bits per heavy atom. The van der Waals surface area contributed by atoms with E-state index in [4.69, 9.17) is 17.4 Å². The lowest BCUT2D eigenvalue weighted by Crippen LogP contribution is -2.32. The molecule has 3 N–H and O–H groups in total. The van der Waals surface area contributed by atoms with Crippen molar-refractivity contribution in [2.45, 2.75) is 25.9 Å². The van der Waals surface area contributed by atoms with Gasteiger partial charge in [0.1, 0.15) is 5.69 Å². The van der Waals surface area contributed by atoms with E-state index >= 15 is 0 Å². The molecule has 0 aliphatic rings. The number of carbonyl (C=O) groups excluding carboxylic acids is 1. The first kappa shape index (κ1) is 17.3. The summed E-state index contributed by atoms with van der Waals surface area (Å²) in [7, 11) is 0. The normalized spacial score (nSPS) is 10.6. The van der Waals surface area contributed by atoms with Crippen molar-refractivity contribution >= 4 is 35.0 Å². The minimum absolute atomic E-state index is 0.0258. The molecule has 0 atom stereocenters. The Morgan fingerprint density at radius 1 is 1.35 bits per heavy atom. The molecule has 0 saturated heterocycles. The molecule has 7 nitrogen and oxygen atoms in total. The fourth-order valence-electron chi connectivity index (χ4n) is 1.95. The highest BCUT2D eigenvalue weighted by Crippen LogP contribution is 2.27. The van der Waals surface area contributed by atoms with Crippen LogP contribution in [-0.2, 0) is 4.79 Å². The Hall–Kier alpha value is -2.06. The SMILES string of the molecule is Cc1cc(C)c(NC(=O)CSc2nnc(C)c(=O)n2N)c(Cl)c1. The van der Waals surface area contributed by atoms with E-state index in [1.165, 1.54) is 6.92 Å². The van der Waals surface area contributed by atoms with E-state index in [1.807, 2.05) is 19.9 Å². The molecule has 0 fully saturated rings. The number of benzene rings is 1. The van der Waals surface area contributed by atoms with Gasteiger partial charge in [0.2, 0.25) is 11.1 Å². The van der Waals surface area contributed by atoms with Crippen molar-refractivity contribution in [2.24, 2.45) is 0 Å². The minimum Gasteiger partial charge on any atom is -0.334 e. The van der Waals surface area contributed by atoms with Crippen LogP contribution in [0.15, 0.2) is 22.1 Å². The molecule has 1 amide bonds. The number of aryl methyl sites for hydroxylation is 3. The zero-order valence-electron chi connectivity index (χ0n) is 12.9. The van der Waals surface area contributed by atoms with Crippen LogP contribution in [0.5, 0.6) is 0 Å². The van der Waals surface area contributed by atoms with Crippen molar-refractivity contribution in [2.75, 3.05) is 16.9 Å². The van der Waals surface area contributed by atoms with Gasteiger partial charge in [0.15, 0.2) is 0 Å². The van der Waals surface area contributed by atoms with Crippen LogP contribution in [0.25, 0.3) is 0 Å². The quantitative estimate of drug-likeness (QED) is 0.640. The van der Waals surface area contributed by atoms with Gasteiger partial charge in [-0.3, -0.25) is 9.59 Å². The molecule has 0 bridgehead atoms. The average Bonchev–Trinajstić information content (AvgIpc) is 2.48. The number of aromatic nitrogens is 3. The number of thioether (sulfide) groups is 1. The first-order valence-electron chi connectivity index (χ1n) is 6.70. The molecule has 9 heteroatoms. The molecule has 1 aromatic carbocycles. The number of nitrogen functional groups attached to an aromatic ring is 1. The summed E-state index contributed by atoms with van der Waals surface area (Å²) in [6.07, 6.45) is 0. The lowest BCUT2D eigenvalue weighted by Gasteiger charge is -2.11. The Bertz CT molecular complexity index is 798. The fraction of sp³-hybridized carbons (Fsp3) is 0.286. The molecule has 122 valence electrons. The topological polar surface area (TPSA) is 103 Å². The molecule has 0 radical (unpaired) electrons. The van der Waals surface area contributed by atoms with Crippen molar-refractivity contribution in [3.8, 4) is 0 Å². The van der Waals surface area contributed by atoms with Crippen LogP contribution in [0, 0.1) is 20.8 Å².